The van der Waals surface area contributed by atoms with E-state index >= 15 is 0 Å². The normalized spacial score (nSPS) is 17.6. The first-order valence-electron chi connectivity index (χ1n) is 7.83. The number of ether oxygens (including phenoxy) is 1. The summed E-state index contributed by atoms with van der Waals surface area (Å²) in [5, 5.41) is 6.78. The van der Waals surface area contributed by atoms with Crippen LogP contribution >= 0.6 is 11.3 Å². The summed E-state index contributed by atoms with van der Waals surface area (Å²) in [6.07, 6.45) is 7.08. The molecule has 3 nitrogen and oxygen atoms in total. The maximum atomic E-state index is 5.90. The molecule has 1 aromatic rings. The second-order valence-electron chi connectivity index (χ2n) is 6.68. The molecular weight excluding hydrogens is 268 g/mol. The summed E-state index contributed by atoms with van der Waals surface area (Å²) in [6, 6.07) is 0. The lowest BCUT2D eigenvalue weighted by Gasteiger charge is -2.21. The van der Waals surface area contributed by atoms with E-state index in [0.717, 1.165) is 19.7 Å². The molecule has 1 aliphatic rings. The van der Waals surface area contributed by atoms with E-state index in [1.807, 2.05) is 0 Å². The molecule has 0 aromatic carbocycles. The first-order chi connectivity index (χ1) is 9.55. The van der Waals surface area contributed by atoms with E-state index in [1.54, 1.807) is 11.3 Å². The largest absolute Gasteiger partial charge is 0.377 e. The van der Waals surface area contributed by atoms with Gasteiger partial charge in [-0.3, -0.25) is 0 Å². The molecule has 0 amide bonds. The Morgan fingerprint density at radius 3 is 2.70 bits per heavy atom. The lowest BCUT2D eigenvalue weighted by atomic mass is 9.93. The van der Waals surface area contributed by atoms with Crippen molar-refractivity contribution < 1.29 is 4.74 Å². The Hall–Kier alpha value is -0.450. The summed E-state index contributed by atoms with van der Waals surface area (Å²) >= 11 is 1.75. The van der Waals surface area contributed by atoms with Crippen LogP contribution in [0.2, 0.25) is 0 Å². The van der Waals surface area contributed by atoms with Gasteiger partial charge in [-0.1, -0.05) is 40.0 Å². The number of nitrogens with zero attached hydrogens (tertiary/aromatic N) is 1. The van der Waals surface area contributed by atoms with Crippen LogP contribution in [0.4, 0.5) is 0 Å². The standard InChI is InChI=1S/C16H28N2OS/c1-16(2,3)14-12-20-15(18-14)11-17-9-10-19-13-7-5-4-6-8-13/h12-13,17H,4-11H2,1-3H3. The number of nitrogens with one attached hydrogen (secondary N) is 1. The maximum Gasteiger partial charge on any atom is 0.107 e. The van der Waals surface area contributed by atoms with Crippen LogP contribution in [0.1, 0.15) is 63.6 Å². The molecule has 114 valence electrons. The number of rotatable bonds is 6. The molecule has 0 radical (unpaired) electrons. The van der Waals surface area contributed by atoms with Crippen LogP contribution < -0.4 is 5.32 Å². The summed E-state index contributed by atoms with van der Waals surface area (Å²) < 4.78 is 5.90. The van der Waals surface area contributed by atoms with Crippen LogP contribution in [0.3, 0.4) is 0 Å². The van der Waals surface area contributed by atoms with Gasteiger partial charge in [-0.2, -0.15) is 0 Å². The Balaban J connectivity index is 1.60. The molecule has 1 saturated carbocycles. The molecular formula is C16H28N2OS. The highest BCUT2D eigenvalue weighted by Gasteiger charge is 2.17. The summed E-state index contributed by atoms with van der Waals surface area (Å²) in [4.78, 5) is 4.68. The minimum atomic E-state index is 0.152. The Morgan fingerprint density at radius 2 is 2.05 bits per heavy atom. The van der Waals surface area contributed by atoms with Gasteiger partial charge < -0.3 is 10.1 Å². The van der Waals surface area contributed by atoms with Crippen LogP contribution in [0.25, 0.3) is 0 Å². The molecule has 2 rings (SSSR count). The zero-order chi connectivity index (χ0) is 14.4. The van der Waals surface area contributed by atoms with Gasteiger partial charge in [0.2, 0.25) is 0 Å². The van der Waals surface area contributed by atoms with Crippen molar-refractivity contribution in [1.29, 1.82) is 0 Å². The van der Waals surface area contributed by atoms with Gasteiger partial charge in [0.25, 0.3) is 0 Å². The summed E-state index contributed by atoms with van der Waals surface area (Å²) in [6.45, 7) is 9.21. The zero-order valence-corrected chi connectivity index (χ0v) is 13.9. The monoisotopic (exact) mass is 296 g/mol. The van der Waals surface area contributed by atoms with Gasteiger partial charge in [-0.25, -0.2) is 4.98 Å². The number of thiazole rings is 1. The molecule has 1 heterocycles. The average Bonchev–Trinajstić information content (AvgIpc) is 2.88. The van der Waals surface area contributed by atoms with Gasteiger partial charge in [0, 0.05) is 23.9 Å². The molecule has 0 saturated heterocycles. The Kier molecular flexibility index (Phi) is 6.00. The van der Waals surface area contributed by atoms with Crippen LogP contribution in [0.15, 0.2) is 5.38 Å². The van der Waals surface area contributed by atoms with Crippen molar-refractivity contribution in [3.8, 4) is 0 Å². The van der Waals surface area contributed by atoms with Crippen molar-refractivity contribution in [3.63, 3.8) is 0 Å². The lowest BCUT2D eigenvalue weighted by Crippen LogP contribution is -2.24. The second-order valence-corrected chi connectivity index (χ2v) is 7.63. The van der Waals surface area contributed by atoms with Crippen LogP contribution in [0.5, 0.6) is 0 Å². The first kappa shape index (κ1) is 15.9. The Bertz CT molecular complexity index is 391. The van der Waals surface area contributed by atoms with Crippen molar-refractivity contribution in [2.45, 2.75) is 70.9 Å². The number of hydrogen-bond acceptors (Lipinski definition) is 4. The van der Waals surface area contributed by atoms with Crippen molar-refractivity contribution in [2.24, 2.45) is 0 Å². The molecule has 0 unspecified atom stereocenters. The van der Waals surface area contributed by atoms with Gasteiger partial charge in [0.15, 0.2) is 0 Å². The second kappa shape index (κ2) is 7.53. The predicted molar refractivity (Wildman–Crippen MR) is 85.3 cm³/mol. The highest BCUT2D eigenvalue weighted by Crippen LogP contribution is 2.23. The smallest absolute Gasteiger partial charge is 0.107 e. The van der Waals surface area contributed by atoms with Crippen molar-refractivity contribution in [3.05, 3.63) is 16.1 Å². The highest BCUT2D eigenvalue weighted by molar-refractivity contribution is 7.09. The molecule has 1 aliphatic carbocycles. The fourth-order valence-electron chi connectivity index (χ4n) is 2.46. The quantitative estimate of drug-likeness (QED) is 0.809. The van der Waals surface area contributed by atoms with E-state index in [0.29, 0.717) is 6.10 Å². The van der Waals surface area contributed by atoms with Gasteiger partial charge in [0.05, 0.1) is 18.4 Å². The summed E-state index contributed by atoms with van der Waals surface area (Å²) in [5.74, 6) is 0. The van der Waals surface area contributed by atoms with Crippen molar-refractivity contribution in [2.75, 3.05) is 13.2 Å². The Morgan fingerprint density at radius 1 is 1.30 bits per heavy atom. The van der Waals surface area contributed by atoms with E-state index in [1.165, 1.54) is 42.8 Å². The van der Waals surface area contributed by atoms with Crippen LogP contribution in [0, 0.1) is 0 Å². The third kappa shape index (κ3) is 5.15. The molecule has 0 aliphatic heterocycles. The molecule has 1 aromatic heterocycles. The van der Waals surface area contributed by atoms with E-state index in [2.05, 4.69) is 36.5 Å². The highest BCUT2D eigenvalue weighted by atomic mass is 32.1. The Labute approximate surface area is 127 Å². The molecule has 0 atom stereocenters. The molecule has 0 spiro atoms. The molecule has 4 heteroatoms. The van der Waals surface area contributed by atoms with Crippen LogP contribution in [-0.4, -0.2) is 24.2 Å². The molecule has 0 bridgehead atoms. The first-order valence-corrected chi connectivity index (χ1v) is 8.71. The predicted octanol–water partition coefficient (Wildman–Crippen LogP) is 3.88. The number of hydrogen-bond donors (Lipinski definition) is 1. The van der Waals surface area contributed by atoms with Gasteiger partial charge >= 0.3 is 0 Å². The SMILES string of the molecule is CC(C)(C)c1csc(CNCCOC2CCCCC2)n1. The van der Waals surface area contributed by atoms with E-state index in [9.17, 15) is 0 Å². The van der Waals surface area contributed by atoms with Crippen LogP contribution in [-0.2, 0) is 16.7 Å². The van der Waals surface area contributed by atoms with Crippen molar-refractivity contribution >= 4 is 11.3 Å². The molecule has 20 heavy (non-hydrogen) atoms. The van der Waals surface area contributed by atoms with Gasteiger partial charge in [-0.15, -0.1) is 11.3 Å². The van der Waals surface area contributed by atoms with E-state index in [4.69, 9.17) is 4.74 Å². The lowest BCUT2D eigenvalue weighted by molar-refractivity contribution is 0.0302. The third-order valence-electron chi connectivity index (χ3n) is 3.78. The van der Waals surface area contributed by atoms with Gasteiger partial charge in [0.1, 0.15) is 5.01 Å². The minimum absolute atomic E-state index is 0.152. The summed E-state index contributed by atoms with van der Waals surface area (Å²) in [7, 11) is 0. The van der Waals surface area contributed by atoms with Gasteiger partial charge in [-0.05, 0) is 12.8 Å². The number of aromatic nitrogens is 1. The third-order valence-corrected chi connectivity index (χ3v) is 4.63. The molecule has 1 N–H and O–H groups in total. The topological polar surface area (TPSA) is 34.1 Å². The zero-order valence-electron chi connectivity index (χ0n) is 13.1. The fraction of sp³-hybridized carbons (Fsp3) is 0.812. The maximum absolute atomic E-state index is 5.90. The van der Waals surface area contributed by atoms with E-state index in [-0.39, 0.29) is 5.41 Å². The fourth-order valence-corrected chi connectivity index (χ4v) is 3.45. The molecule has 1 fully saturated rings. The summed E-state index contributed by atoms with van der Waals surface area (Å²) in [5.41, 5.74) is 1.34. The van der Waals surface area contributed by atoms with Crippen molar-refractivity contribution in [1.82, 2.24) is 10.3 Å². The minimum Gasteiger partial charge on any atom is -0.377 e. The average molecular weight is 296 g/mol. The van der Waals surface area contributed by atoms with E-state index < -0.39 is 0 Å².